The zero-order valence-corrected chi connectivity index (χ0v) is 20.1. The summed E-state index contributed by atoms with van der Waals surface area (Å²) in [6.07, 6.45) is 1.15. The monoisotopic (exact) mass is 496 g/mol. The number of hydrogen-bond acceptors (Lipinski definition) is 3. The van der Waals surface area contributed by atoms with Gasteiger partial charge in [-0.3, -0.25) is 4.79 Å². The molecule has 4 rings (SSSR count). The molecule has 0 aliphatic carbocycles. The number of urea groups is 1. The van der Waals surface area contributed by atoms with E-state index in [-0.39, 0.29) is 11.9 Å². The molecule has 0 radical (unpaired) electrons. The van der Waals surface area contributed by atoms with Crippen LogP contribution in [0.15, 0.2) is 72.8 Å². The number of benzene rings is 3. The SMILES string of the molecule is O=C(CCc1ccccc1)Nc1ccc(N2CCN(C(=O)Nc3c(Cl)cccc3Cl)CC2)cc1. The highest BCUT2D eigenvalue weighted by atomic mass is 35.5. The molecule has 6 nitrogen and oxygen atoms in total. The number of piperazine rings is 1. The molecule has 1 aliphatic heterocycles. The maximum atomic E-state index is 12.6. The Morgan fingerprint density at radius 1 is 0.765 bits per heavy atom. The van der Waals surface area contributed by atoms with E-state index in [1.54, 1.807) is 23.1 Å². The molecule has 1 fully saturated rings. The molecule has 3 aromatic rings. The quantitative estimate of drug-likeness (QED) is 0.445. The van der Waals surface area contributed by atoms with E-state index < -0.39 is 0 Å². The van der Waals surface area contributed by atoms with Crippen LogP contribution in [0, 0.1) is 0 Å². The molecule has 34 heavy (non-hydrogen) atoms. The molecular weight excluding hydrogens is 471 g/mol. The van der Waals surface area contributed by atoms with Gasteiger partial charge in [-0.15, -0.1) is 0 Å². The standard InChI is InChI=1S/C26H26Cl2N4O2/c27-22-7-4-8-23(28)25(22)30-26(34)32-17-15-31(16-18-32)21-12-10-20(11-13-21)29-24(33)14-9-19-5-2-1-3-6-19/h1-8,10-13H,9,14-18H2,(H,29,33)(H,30,34). The summed E-state index contributed by atoms with van der Waals surface area (Å²) in [6, 6.07) is 22.7. The second kappa shape index (κ2) is 11.3. The Balaban J connectivity index is 1.25. The van der Waals surface area contributed by atoms with Crippen molar-refractivity contribution in [3.8, 4) is 0 Å². The molecule has 0 unspecified atom stereocenters. The van der Waals surface area contributed by atoms with Gasteiger partial charge in [-0.1, -0.05) is 59.6 Å². The summed E-state index contributed by atoms with van der Waals surface area (Å²) >= 11 is 12.3. The van der Waals surface area contributed by atoms with Gasteiger partial charge in [-0.2, -0.15) is 0 Å². The van der Waals surface area contributed by atoms with Gasteiger partial charge in [0.15, 0.2) is 0 Å². The molecule has 1 heterocycles. The van der Waals surface area contributed by atoms with E-state index >= 15 is 0 Å². The number of halogens is 2. The molecule has 2 N–H and O–H groups in total. The van der Waals surface area contributed by atoms with Gasteiger partial charge in [-0.25, -0.2) is 4.79 Å². The maximum absolute atomic E-state index is 12.6. The average molecular weight is 497 g/mol. The summed E-state index contributed by atoms with van der Waals surface area (Å²) < 4.78 is 0. The second-order valence-electron chi connectivity index (χ2n) is 8.08. The van der Waals surface area contributed by atoms with Gasteiger partial charge in [0.1, 0.15) is 0 Å². The molecule has 176 valence electrons. The van der Waals surface area contributed by atoms with Crippen molar-refractivity contribution in [1.82, 2.24) is 4.90 Å². The highest BCUT2D eigenvalue weighted by Gasteiger charge is 2.22. The molecule has 3 aromatic carbocycles. The molecule has 0 saturated carbocycles. The number of anilines is 3. The van der Waals surface area contributed by atoms with Crippen LogP contribution in [-0.4, -0.2) is 43.0 Å². The number of aryl methyl sites for hydroxylation is 1. The normalized spacial score (nSPS) is 13.5. The third-order valence-electron chi connectivity index (χ3n) is 5.76. The van der Waals surface area contributed by atoms with Crippen molar-refractivity contribution in [2.75, 3.05) is 41.7 Å². The van der Waals surface area contributed by atoms with Crippen molar-refractivity contribution in [3.05, 3.63) is 88.4 Å². The van der Waals surface area contributed by atoms with Crippen LogP contribution in [-0.2, 0) is 11.2 Å². The highest BCUT2D eigenvalue weighted by Crippen LogP contribution is 2.30. The number of rotatable bonds is 6. The third-order valence-corrected chi connectivity index (χ3v) is 6.39. The predicted molar refractivity (Wildman–Crippen MR) is 139 cm³/mol. The van der Waals surface area contributed by atoms with Crippen molar-refractivity contribution in [2.45, 2.75) is 12.8 Å². The topological polar surface area (TPSA) is 64.7 Å². The number of carbonyl (C=O) groups is 2. The Hall–Kier alpha value is -3.22. The van der Waals surface area contributed by atoms with E-state index in [4.69, 9.17) is 23.2 Å². The molecule has 0 atom stereocenters. The number of para-hydroxylation sites is 1. The maximum Gasteiger partial charge on any atom is 0.322 e. The fraction of sp³-hybridized carbons (Fsp3) is 0.231. The summed E-state index contributed by atoms with van der Waals surface area (Å²) in [5, 5.41) is 6.59. The Bertz CT molecular complexity index is 1110. The lowest BCUT2D eigenvalue weighted by Gasteiger charge is -2.36. The Morgan fingerprint density at radius 2 is 1.41 bits per heavy atom. The number of nitrogens with zero attached hydrogens (tertiary/aromatic N) is 2. The minimum Gasteiger partial charge on any atom is -0.368 e. The first kappa shape index (κ1) is 23.9. The van der Waals surface area contributed by atoms with Crippen LogP contribution in [0.2, 0.25) is 10.0 Å². The smallest absolute Gasteiger partial charge is 0.322 e. The van der Waals surface area contributed by atoms with Crippen LogP contribution in [0.3, 0.4) is 0 Å². The van der Waals surface area contributed by atoms with E-state index in [0.717, 1.165) is 16.9 Å². The Labute approximate surface area is 209 Å². The first-order chi connectivity index (χ1) is 16.5. The number of nitrogens with one attached hydrogen (secondary N) is 2. The van der Waals surface area contributed by atoms with Crippen LogP contribution in [0.4, 0.5) is 21.9 Å². The lowest BCUT2D eigenvalue weighted by molar-refractivity contribution is -0.116. The van der Waals surface area contributed by atoms with Crippen LogP contribution in [0.25, 0.3) is 0 Å². The summed E-state index contributed by atoms with van der Waals surface area (Å²) in [7, 11) is 0. The van der Waals surface area contributed by atoms with Crippen molar-refractivity contribution in [3.63, 3.8) is 0 Å². The number of hydrogen-bond donors (Lipinski definition) is 2. The predicted octanol–water partition coefficient (Wildman–Crippen LogP) is 5.92. The number of amides is 3. The molecule has 0 bridgehead atoms. The van der Waals surface area contributed by atoms with Gasteiger partial charge < -0.3 is 20.4 Å². The third kappa shape index (κ3) is 6.22. The summed E-state index contributed by atoms with van der Waals surface area (Å²) in [5.74, 6) is -0.00477. The van der Waals surface area contributed by atoms with Gasteiger partial charge in [0.2, 0.25) is 5.91 Å². The van der Waals surface area contributed by atoms with Crippen molar-refractivity contribution in [1.29, 1.82) is 0 Å². The van der Waals surface area contributed by atoms with Crippen LogP contribution in [0.1, 0.15) is 12.0 Å². The summed E-state index contributed by atoms with van der Waals surface area (Å²) in [4.78, 5) is 28.9. The summed E-state index contributed by atoms with van der Waals surface area (Å²) in [6.45, 7) is 2.55. The Morgan fingerprint density at radius 3 is 2.06 bits per heavy atom. The zero-order valence-electron chi connectivity index (χ0n) is 18.6. The Kier molecular flexibility index (Phi) is 7.93. The van der Waals surface area contributed by atoms with Gasteiger partial charge in [0.25, 0.3) is 0 Å². The van der Waals surface area contributed by atoms with Gasteiger partial charge in [-0.05, 0) is 48.4 Å². The largest absolute Gasteiger partial charge is 0.368 e. The highest BCUT2D eigenvalue weighted by molar-refractivity contribution is 6.39. The fourth-order valence-corrected chi connectivity index (χ4v) is 4.34. The minimum atomic E-state index is -0.219. The van der Waals surface area contributed by atoms with E-state index in [2.05, 4.69) is 15.5 Å². The minimum absolute atomic E-state index is 0.00477. The van der Waals surface area contributed by atoms with Crippen LogP contribution < -0.4 is 15.5 Å². The van der Waals surface area contributed by atoms with Crippen LogP contribution in [0.5, 0.6) is 0 Å². The lowest BCUT2D eigenvalue weighted by atomic mass is 10.1. The molecule has 1 aliphatic rings. The van der Waals surface area contributed by atoms with Gasteiger partial charge >= 0.3 is 6.03 Å². The first-order valence-electron chi connectivity index (χ1n) is 11.2. The van der Waals surface area contributed by atoms with E-state index in [1.807, 2.05) is 54.6 Å². The zero-order chi connectivity index (χ0) is 23.9. The molecule has 3 amide bonds. The first-order valence-corrected chi connectivity index (χ1v) is 11.9. The lowest BCUT2D eigenvalue weighted by Crippen LogP contribution is -2.50. The molecule has 0 spiro atoms. The van der Waals surface area contributed by atoms with Gasteiger partial charge in [0, 0.05) is 44.0 Å². The molecule has 1 saturated heterocycles. The number of carbonyl (C=O) groups excluding carboxylic acids is 2. The summed E-state index contributed by atoms with van der Waals surface area (Å²) in [5.41, 5.74) is 3.41. The van der Waals surface area contributed by atoms with E-state index in [9.17, 15) is 9.59 Å². The van der Waals surface area contributed by atoms with Crippen molar-refractivity contribution in [2.24, 2.45) is 0 Å². The van der Waals surface area contributed by atoms with Gasteiger partial charge in [0.05, 0.1) is 15.7 Å². The molecule has 0 aromatic heterocycles. The fourth-order valence-electron chi connectivity index (χ4n) is 3.85. The van der Waals surface area contributed by atoms with Crippen molar-refractivity contribution < 1.29 is 9.59 Å². The van der Waals surface area contributed by atoms with Crippen LogP contribution >= 0.6 is 23.2 Å². The van der Waals surface area contributed by atoms with E-state index in [0.29, 0.717) is 54.8 Å². The molecule has 8 heteroatoms. The van der Waals surface area contributed by atoms with Crippen molar-refractivity contribution >= 4 is 52.2 Å². The average Bonchev–Trinajstić information content (AvgIpc) is 2.86. The van der Waals surface area contributed by atoms with E-state index in [1.165, 1.54) is 0 Å². The molecular formula is C26H26Cl2N4O2. The second-order valence-corrected chi connectivity index (χ2v) is 8.90.